The van der Waals surface area contributed by atoms with Crippen LogP contribution in [-0.2, 0) is 4.84 Å². The Morgan fingerprint density at radius 2 is 2.58 bits per heavy atom. The van der Waals surface area contributed by atoms with E-state index in [1.807, 2.05) is 12.1 Å². The van der Waals surface area contributed by atoms with Gasteiger partial charge in [0.1, 0.15) is 11.8 Å². The number of hydrogen-bond donors (Lipinski definition) is 0. The van der Waals surface area contributed by atoms with Crippen LogP contribution in [0.2, 0.25) is 0 Å². The summed E-state index contributed by atoms with van der Waals surface area (Å²) in [6.07, 6.45) is 2.61. The van der Waals surface area contributed by atoms with Crippen molar-refractivity contribution in [2.45, 2.75) is 12.5 Å². The molecule has 0 radical (unpaired) electrons. The van der Waals surface area contributed by atoms with Crippen molar-refractivity contribution in [2.75, 3.05) is 5.33 Å². The first-order chi connectivity index (χ1) is 5.90. The molecule has 0 N–H and O–H groups in total. The Morgan fingerprint density at radius 1 is 1.67 bits per heavy atom. The first-order valence-electron chi connectivity index (χ1n) is 3.72. The molecule has 0 amide bonds. The second-order valence-corrected chi connectivity index (χ2v) is 3.25. The second-order valence-electron chi connectivity index (χ2n) is 2.60. The maximum atomic E-state index is 5.18. The van der Waals surface area contributed by atoms with Crippen LogP contribution in [0.1, 0.15) is 12.2 Å². The fraction of sp³-hybridized carbons (Fsp3) is 0.375. The second kappa shape index (κ2) is 3.31. The molecule has 1 aromatic rings. The minimum Gasteiger partial charge on any atom is -0.463 e. The molecule has 0 fully saturated rings. The van der Waals surface area contributed by atoms with Gasteiger partial charge in [0, 0.05) is 11.8 Å². The predicted octanol–water partition coefficient (Wildman–Crippen LogP) is 2.17. The number of furan rings is 1. The van der Waals surface area contributed by atoms with Crippen molar-refractivity contribution in [2.24, 2.45) is 5.16 Å². The molecule has 1 atom stereocenters. The summed E-state index contributed by atoms with van der Waals surface area (Å²) in [7, 11) is 0. The molecule has 3 nitrogen and oxygen atoms in total. The summed E-state index contributed by atoms with van der Waals surface area (Å²) in [5, 5.41) is 4.73. The van der Waals surface area contributed by atoms with Crippen molar-refractivity contribution in [1.29, 1.82) is 0 Å². The normalized spacial score (nSPS) is 22.1. The van der Waals surface area contributed by atoms with Crippen molar-refractivity contribution in [3.8, 4) is 0 Å². The molecule has 12 heavy (non-hydrogen) atoms. The van der Waals surface area contributed by atoms with E-state index in [2.05, 4.69) is 21.1 Å². The van der Waals surface area contributed by atoms with Gasteiger partial charge in [0.2, 0.25) is 0 Å². The largest absolute Gasteiger partial charge is 0.463 e. The van der Waals surface area contributed by atoms with Crippen LogP contribution in [0.5, 0.6) is 0 Å². The lowest BCUT2D eigenvalue weighted by Gasteiger charge is -1.99. The van der Waals surface area contributed by atoms with Crippen molar-refractivity contribution in [3.05, 3.63) is 24.2 Å². The Morgan fingerprint density at radius 3 is 3.17 bits per heavy atom. The van der Waals surface area contributed by atoms with E-state index in [4.69, 9.17) is 9.25 Å². The van der Waals surface area contributed by atoms with E-state index in [9.17, 15) is 0 Å². The Hall–Kier alpha value is -0.770. The molecular weight excluding hydrogens is 222 g/mol. The summed E-state index contributed by atoms with van der Waals surface area (Å²) >= 11 is 3.34. The van der Waals surface area contributed by atoms with E-state index in [1.165, 1.54) is 0 Å². The molecule has 1 aromatic heterocycles. The Balaban J connectivity index is 2.09. The topological polar surface area (TPSA) is 34.7 Å². The minimum absolute atomic E-state index is 0.157. The number of oxime groups is 1. The van der Waals surface area contributed by atoms with Crippen LogP contribution >= 0.6 is 15.9 Å². The predicted molar refractivity (Wildman–Crippen MR) is 48.5 cm³/mol. The summed E-state index contributed by atoms with van der Waals surface area (Å²) < 4.78 is 5.18. The summed E-state index contributed by atoms with van der Waals surface area (Å²) in [6, 6.07) is 3.73. The Labute approximate surface area is 78.5 Å². The number of alkyl halides is 1. The fourth-order valence-electron chi connectivity index (χ4n) is 1.10. The lowest BCUT2D eigenvalue weighted by molar-refractivity contribution is 0.104. The number of rotatable bonds is 2. The molecule has 1 aliphatic rings. The van der Waals surface area contributed by atoms with Gasteiger partial charge >= 0.3 is 0 Å². The first kappa shape index (κ1) is 7.86. The molecular formula is C8H8BrNO2. The molecule has 2 rings (SSSR count). The zero-order chi connectivity index (χ0) is 8.39. The number of halogens is 1. The van der Waals surface area contributed by atoms with Crippen LogP contribution in [0.25, 0.3) is 0 Å². The molecule has 0 aromatic carbocycles. The number of nitrogens with zero attached hydrogens (tertiary/aromatic N) is 1. The van der Waals surface area contributed by atoms with Crippen molar-refractivity contribution in [1.82, 2.24) is 0 Å². The van der Waals surface area contributed by atoms with Crippen molar-refractivity contribution in [3.63, 3.8) is 0 Å². The molecule has 2 heterocycles. The maximum Gasteiger partial charge on any atom is 0.151 e. The van der Waals surface area contributed by atoms with Gasteiger partial charge in [0.25, 0.3) is 0 Å². The average Bonchev–Trinajstić information content (AvgIpc) is 2.75. The van der Waals surface area contributed by atoms with Gasteiger partial charge < -0.3 is 9.25 Å². The minimum atomic E-state index is 0.157. The van der Waals surface area contributed by atoms with Gasteiger partial charge in [0.05, 0.1) is 6.26 Å². The van der Waals surface area contributed by atoms with Crippen LogP contribution < -0.4 is 0 Å². The van der Waals surface area contributed by atoms with E-state index in [1.54, 1.807) is 6.26 Å². The molecule has 1 aliphatic heterocycles. The molecule has 0 unspecified atom stereocenters. The molecule has 0 saturated carbocycles. The summed E-state index contributed by atoms with van der Waals surface area (Å²) in [5.41, 5.74) is 0.893. The van der Waals surface area contributed by atoms with Gasteiger partial charge in [-0.2, -0.15) is 0 Å². The van der Waals surface area contributed by atoms with Gasteiger partial charge in [-0.3, -0.25) is 0 Å². The molecule has 0 bridgehead atoms. The van der Waals surface area contributed by atoms with E-state index in [0.717, 1.165) is 23.2 Å². The third-order valence-electron chi connectivity index (χ3n) is 1.71. The van der Waals surface area contributed by atoms with E-state index in [0.29, 0.717) is 0 Å². The van der Waals surface area contributed by atoms with Crippen LogP contribution in [0, 0.1) is 0 Å². The van der Waals surface area contributed by atoms with Crippen molar-refractivity contribution >= 4 is 21.6 Å². The third-order valence-corrected chi connectivity index (χ3v) is 2.43. The van der Waals surface area contributed by atoms with Crippen LogP contribution in [0.4, 0.5) is 0 Å². The van der Waals surface area contributed by atoms with Gasteiger partial charge in [-0.25, -0.2) is 0 Å². The van der Waals surface area contributed by atoms with Crippen LogP contribution in [0.3, 0.4) is 0 Å². The highest BCUT2D eigenvalue weighted by Gasteiger charge is 2.22. The quantitative estimate of drug-likeness (QED) is 0.729. The molecule has 0 aliphatic carbocycles. The SMILES string of the molecule is BrC[C@H]1CC(c2ccco2)=NO1. The molecule has 0 spiro atoms. The first-order valence-corrected chi connectivity index (χ1v) is 4.85. The van der Waals surface area contributed by atoms with Crippen LogP contribution in [-0.4, -0.2) is 17.1 Å². The fourth-order valence-corrected chi connectivity index (χ4v) is 1.45. The Bertz CT molecular complexity index is 281. The monoisotopic (exact) mass is 229 g/mol. The Kier molecular flexibility index (Phi) is 2.17. The van der Waals surface area contributed by atoms with Crippen molar-refractivity contribution < 1.29 is 9.25 Å². The highest BCUT2D eigenvalue weighted by Crippen LogP contribution is 2.17. The summed E-state index contributed by atoms with van der Waals surface area (Å²) in [5.74, 6) is 0.804. The highest BCUT2D eigenvalue weighted by atomic mass is 79.9. The van der Waals surface area contributed by atoms with E-state index < -0.39 is 0 Å². The maximum absolute atomic E-state index is 5.18. The lowest BCUT2D eigenvalue weighted by Crippen LogP contribution is -2.08. The van der Waals surface area contributed by atoms with E-state index in [-0.39, 0.29) is 6.10 Å². The molecule has 0 saturated heterocycles. The van der Waals surface area contributed by atoms with Crippen LogP contribution in [0.15, 0.2) is 28.0 Å². The van der Waals surface area contributed by atoms with Gasteiger partial charge in [-0.05, 0) is 12.1 Å². The van der Waals surface area contributed by atoms with E-state index >= 15 is 0 Å². The zero-order valence-corrected chi connectivity index (χ0v) is 7.95. The summed E-state index contributed by atoms with van der Waals surface area (Å²) in [6.45, 7) is 0. The van der Waals surface area contributed by atoms with Gasteiger partial charge in [-0.15, -0.1) is 0 Å². The molecule has 64 valence electrons. The van der Waals surface area contributed by atoms with Gasteiger partial charge in [-0.1, -0.05) is 21.1 Å². The molecule has 4 heteroatoms. The smallest absolute Gasteiger partial charge is 0.151 e. The van der Waals surface area contributed by atoms with Gasteiger partial charge in [0.15, 0.2) is 5.76 Å². The lowest BCUT2D eigenvalue weighted by atomic mass is 10.1. The third kappa shape index (κ3) is 1.39. The zero-order valence-electron chi connectivity index (χ0n) is 6.37. The number of hydrogen-bond acceptors (Lipinski definition) is 3. The standard InChI is InChI=1S/C8H8BrNO2/c9-5-6-4-7(10-12-6)8-2-1-3-11-8/h1-3,6H,4-5H2/t6-/m1/s1. The summed E-state index contributed by atoms with van der Waals surface area (Å²) in [4.78, 5) is 5.12. The average molecular weight is 230 g/mol. The highest BCUT2D eigenvalue weighted by molar-refractivity contribution is 9.09.